The lowest BCUT2D eigenvalue weighted by Crippen LogP contribution is -2.18. The maximum absolute atomic E-state index is 11.4. The molecule has 0 saturated heterocycles. The van der Waals surface area contributed by atoms with Crippen LogP contribution in [0.3, 0.4) is 0 Å². The van der Waals surface area contributed by atoms with Crippen LogP contribution in [0.4, 0.5) is 5.69 Å². The molecule has 0 amide bonds. The third kappa shape index (κ3) is 4.92. The van der Waals surface area contributed by atoms with E-state index in [4.69, 9.17) is 14.6 Å². The Bertz CT molecular complexity index is 979. The lowest BCUT2D eigenvalue weighted by atomic mass is 9.99. The van der Waals surface area contributed by atoms with Gasteiger partial charge in [0.25, 0.3) is 0 Å². The number of carbonyl (C=O) groups is 1. The van der Waals surface area contributed by atoms with Crippen molar-refractivity contribution in [2.75, 3.05) is 7.11 Å². The molecular formula is C23H20N2O3. The first kappa shape index (κ1) is 19.0. The normalized spacial score (nSPS) is 11.8. The molecule has 0 N–H and O–H groups in total. The van der Waals surface area contributed by atoms with Crippen LogP contribution in [0.5, 0.6) is 5.75 Å². The van der Waals surface area contributed by atoms with Crippen molar-refractivity contribution in [2.24, 2.45) is 10.1 Å². The molecular weight excluding hydrogens is 352 g/mol. The highest BCUT2D eigenvalue weighted by Gasteiger charge is 2.16. The number of hydrogen-bond donors (Lipinski definition) is 0. The van der Waals surface area contributed by atoms with Crippen molar-refractivity contribution in [2.45, 2.75) is 6.92 Å². The average molecular weight is 372 g/mol. The molecule has 0 aliphatic rings. The summed E-state index contributed by atoms with van der Waals surface area (Å²) in [6, 6.07) is 26.6. The molecule has 3 aromatic carbocycles. The number of ether oxygens (including phenoxy) is 1. The largest absolute Gasteiger partial charge is 0.497 e. The molecule has 0 bridgehead atoms. The van der Waals surface area contributed by atoms with Crippen LogP contribution in [0, 0.1) is 0 Å². The maximum atomic E-state index is 11.4. The molecule has 140 valence electrons. The van der Waals surface area contributed by atoms with Gasteiger partial charge in [0.1, 0.15) is 17.2 Å². The number of nitrogens with zero attached hydrogens (tertiary/aromatic N) is 2. The van der Waals surface area contributed by atoms with Crippen LogP contribution in [-0.2, 0) is 9.63 Å². The van der Waals surface area contributed by atoms with Gasteiger partial charge in [0, 0.05) is 18.1 Å². The molecule has 28 heavy (non-hydrogen) atoms. The van der Waals surface area contributed by atoms with Gasteiger partial charge in [-0.25, -0.2) is 9.79 Å². The molecule has 0 fully saturated rings. The van der Waals surface area contributed by atoms with E-state index in [9.17, 15) is 4.79 Å². The number of benzene rings is 3. The van der Waals surface area contributed by atoms with Gasteiger partial charge in [-0.05, 0) is 24.3 Å². The predicted octanol–water partition coefficient (Wildman–Crippen LogP) is 4.78. The lowest BCUT2D eigenvalue weighted by Gasteiger charge is -2.11. The van der Waals surface area contributed by atoms with Gasteiger partial charge in [0.05, 0.1) is 12.8 Å². The molecule has 0 heterocycles. The third-order valence-corrected chi connectivity index (χ3v) is 3.90. The van der Waals surface area contributed by atoms with Gasteiger partial charge in [-0.1, -0.05) is 65.8 Å². The van der Waals surface area contributed by atoms with Gasteiger partial charge in [-0.3, -0.25) is 0 Å². The Balaban J connectivity index is 2.15. The van der Waals surface area contributed by atoms with Crippen LogP contribution < -0.4 is 4.74 Å². The highest BCUT2D eigenvalue weighted by Crippen LogP contribution is 2.21. The van der Waals surface area contributed by atoms with E-state index >= 15 is 0 Å². The van der Waals surface area contributed by atoms with Crippen molar-refractivity contribution in [3.63, 3.8) is 0 Å². The Morgan fingerprint density at radius 1 is 0.750 bits per heavy atom. The fraction of sp³-hybridized carbons (Fsp3) is 0.0870. The molecule has 0 atom stereocenters. The summed E-state index contributed by atoms with van der Waals surface area (Å²) in [5.74, 6) is 0.252. The van der Waals surface area contributed by atoms with Crippen molar-refractivity contribution in [3.05, 3.63) is 96.1 Å². The molecule has 0 aliphatic carbocycles. The Morgan fingerprint density at radius 2 is 1.29 bits per heavy atom. The van der Waals surface area contributed by atoms with Crippen molar-refractivity contribution in [1.82, 2.24) is 0 Å². The average Bonchev–Trinajstić information content (AvgIpc) is 2.74. The van der Waals surface area contributed by atoms with Gasteiger partial charge in [0.2, 0.25) is 0 Å². The maximum Gasteiger partial charge on any atom is 0.332 e. The summed E-state index contributed by atoms with van der Waals surface area (Å²) in [4.78, 5) is 21.2. The van der Waals surface area contributed by atoms with Crippen LogP contribution in [-0.4, -0.2) is 24.5 Å². The molecule has 0 saturated carbocycles. The van der Waals surface area contributed by atoms with Gasteiger partial charge >= 0.3 is 5.97 Å². The number of rotatable bonds is 6. The fourth-order valence-corrected chi connectivity index (χ4v) is 2.57. The first-order valence-electron chi connectivity index (χ1n) is 8.77. The highest BCUT2D eigenvalue weighted by atomic mass is 16.7. The SMILES string of the molecule is COc1ccc(N=C(/C(=N\OC(C)=O)c2ccccc2)c2ccccc2)cc1. The Morgan fingerprint density at radius 3 is 1.79 bits per heavy atom. The highest BCUT2D eigenvalue weighted by molar-refractivity contribution is 6.53. The van der Waals surface area contributed by atoms with Crippen molar-refractivity contribution < 1.29 is 14.4 Å². The third-order valence-electron chi connectivity index (χ3n) is 3.90. The quantitative estimate of drug-likeness (QED) is 0.355. The Labute approximate surface area is 164 Å². The summed E-state index contributed by atoms with van der Waals surface area (Å²) in [6.45, 7) is 1.31. The van der Waals surface area contributed by atoms with Gasteiger partial charge in [-0.15, -0.1) is 0 Å². The summed E-state index contributed by atoms with van der Waals surface area (Å²) < 4.78 is 5.21. The van der Waals surface area contributed by atoms with Crippen LogP contribution in [0.15, 0.2) is 95.1 Å². The Hall–Kier alpha value is -3.73. The molecule has 0 unspecified atom stereocenters. The molecule has 3 aromatic rings. The topological polar surface area (TPSA) is 60.3 Å². The molecule has 0 spiro atoms. The van der Waals surface area contributed by atoms with Gasteiger partial charge in [0.15, 0.2) is 0 Å². The summed E-state index contributed by atoms with van der Waals surface area (Å²) in [6.07, 6.45) is 0. The summed E-state index contributed by atoms with van der Waals surface area (Å²) in [5, 5.41) is 4.11. The van der Waals surface area contributed by atoms with Crippen LogP contribution in [0.25, 0.3) is 0 Å². The second kappa shape index (κ2) is 9.28. The van der Waals surface area contributed by atoms with Crippen molar-refractivity contribution in [3.8, 4) is 5.75 Å². The van der Waals surface area contributed by atoms with E-state index in [1.807, 2.05) is 84.9 Å². The van der Waals surface area contributed by atoms with E-state index in [0.29, 0.717) is 11.4 Å². The van der Waals surface area contributed by atoms with E-state index in [1.54, 1.807) is 7.11 Å². The van der Waals surface area contributed by atoms with Crippen molar-refractivity contribution in [1.29, 1.82) is 0 Å². The predicted molar refractivity (Wildman–Crippen MR) is 110 cm³/mol. The smallest absolute Gasteiger partial charge is 0.332 e. The zero-order chi connectivity index (χ0) is 19.8. The number of oxime groups is 1. The van der Waals surface area contributed by atoms with Crippen LogP contribution in [0.1, 0.15) is 18.1 Å². The standard InChI is InChI=1S/C23H20N2O3/c1-17(26)28-25-23(19-11-7-4-8-12-19)22(18-9-5-3-6-10-18)24-20-13-15-21(27-2)16-14-20/h3-16H,1-2H3/b24-22?,25-23-. The van der Waals surface area contributed by atoms with Gasteiger partial charge < -0.3 is 9.57 Å². The van der Waals surface area contributed by atoms with Crippen molar-refractivity contribution >= 4 is 23.1 Å². The van der Waals surface area contributed by atoms with E-state index in [-0.39, 0.29) is 0 Å². The fourth-order valence-electron chi connectivity index (χ4n) is 2.57. The van der Waals surface area contributed by atoms with Gasteiger partial charge in [-0.2, -0.15) is 0 Å². The molecule has 5 heteroatoms. The number of aliphatic imine (C=N–C) groups is 1. The monoisotopic (exact) mass is 372 g/mol. The molecule has 0 radical (unpaired) electrons. The zero-order valence-electron chi connectivity index (χ0n) is 15.7. The summed E-state index contributed by atoms with van der Waals surface area (Å²) in [5.41, 5.74) is 3.44. The van der Waals surface area contributed by atoms with Crippen LogP contribution >= 0.6 is 0 Å². The molecule has 5 nitrogen and oxygen atoms in total. The minimum atomic E-state index is -0.495. The van der Waals surface area contributed by atoms with E-state index in [0.717, 1.165) is 22.6 Å². The van der Waals surface area contributed by atoms with Crippen LogP contribution in [0.2, 0.25) is 0 Å². The minimum absolute atomic E-state index is 0.470. The first-order chi connectivity index (χ1) is 13.7. The van der Waals surface area contributed by atoms with E-state index in [2.05, 4.69) is 5.16 Å². The molecule has 0 aromatic heterocycles. The van der Waals surface area contributed by atoms with E-state index in [1.165, 1.54) is 6.92 Å². The second-order valence-electron chi connectivity index (χ2n) is 5.91. The summed E-state index contributed by atoms with van der Waals surface area (Å²) in [7, 11) is 1.62. The first-order valence-corrected chi connectivity index (χ1v) is 8.77. The lowest BCUT2D eigenvalue weighted by molar-refractivity contribution is -0.140. The number of methoxy groups -OCH3 is 1. The zero-order valence-corrected chi connectivity index (χ0v) is 15.7. The minimum Gasteiger partial charge on any atom is -0.497 e. The molecule has 0 aliphatic heterocycles. The molecule has 3 rings (SSSR count). The van der Waals surface area contributed by atoms with E-state index < -0.39 is 5.97 Å². The summed E-state index contributed by atoms with van der Waals surface area (Å²) >= 11 is 0. The second-order valence-corrected chi connectivity index (χ2v) is 5.91. The number of hydrogen-bond acceptors (Lipinski definition) is 5. The Kier molecular flexibility index (Phi) is 6.31. The number of carbonyl (C=O) groups excluding carboxylic acids is 1.